The molecule has 0 saturated heterocycles. The highest BCUT2D eigenvalue weighted by Crippen LogP contribution is 2.62. The van der Waals surface area contributed by atoms with Gasteiger partial charge in [0.1, 0.15) is 28.1 Å². The molecule has 0 unspecified atom stereocenters. The topological polar surface area (TPSA) is 53.1 Å². The first-order valence-electron chi connectivity index (χ1n) is 19.3. The van der Waals surface area contributed by atoms with Crippen molar-refractivity contribution >= 4 is 55.8 Å². The minimum atomic E-state index is -0.562. The Hall–Kier alpha value is -7.24. The van der Waals surface area contributed by atoms with Gasteiger partial charge in [-0.1, -0.05) is 133 Å². The predicted molar refractivity (Wildman–Crippen MR) is 224 cm³/mol. The molecule has 0 fully saturated rings. The smallest absolute Gasteiger partial charge is 0.236 e. The van der Waals surface area contributed by atoms with Gasteiger partial charge in [0.15, 0.2) is 5.58 Å². The van der Waals surface area contributed by atoms with E-state index in [1.54, 1.807) is 0 Å². The fourth-order valence-electron chi connectivity index (χ4n) is 10.0. The monoisotopic (exact) mass is 717 g/mol. The maximum atomic E-state index is 6.98. The third-order valence-electron chi connectivity index (χ3n) is 12.3. The van der Waals surface area contributed by atoms with Crippen LogP contribution in [-0.4, -0.2) is 14.5 Å². The normalized spacial score (nSPS) is 14.5. The maximum absolute atomic E-state index is 6.98. The third kappa shape index (κ3) is 3.79. The summed E-state index contributed by atoms with van der Waals surface area (Å²) in [6.07, 6.45) is 6.32. The highest BCUT2D eigenvalue weighted by Gasteiger charge is 2.51. The summed E-state index contributed by atoms with van der Waals surface area (Å²) in [7, 11) is 0. The van der Waals surface area contributed by atoms with Crippen molar-refractivity contribution in [2.45, 2.75) is 18.3 Å². The summed E-state index contributed by atoms with van der Waals surface area (Å²) in [5, 5.41) is 5.55. The fraction of sp³-hybridized carbons (Fsp3) is 0.0588. The molecule has 0 bridgehead atoms. The van der Waals surface area contributed by atoms with Crippen molar-refractivity contribution in [3.63, 3.8) is 0 Å². The molecule has 0 saturated carbocycles. The predicted octanol–water partition coefficient (Wildman–Crippen LogP) is 11.0. The number of para-hydroxylation sites is 2. The van der Waals surface area contributed by atoms with Gasteiger partial charge in [0, 0.05) is 38.7 Å². The van der Waals surface area contributed by atoms with Gasteiger partial charge in [0.25, 0.3) is 0 Å². The molecule has 7 aromatic carbocycles. The van der Waals surface area contributed by atoms with Crippen LogP contribution >= 0.6 is 0 Å². The van der Waals surface area contributed by atoms with Gasteiger partial charge in [-0.3, -0.25) is 4.57 Å². The molecule has 1 aliphatic heterocycles. The number of benzene rings is 7. The molecule has 1 spiro atoms. The van der Waals surface area contributed by atoms with Crippen molar-refractivity contribution < 1.29 is 9.15 Å². The Bertz CT molecular complexity index is 3430. The van der Waals surface area contributed by atoms with Crippen LogP contribution in [0.5, 0.6) is 11.5 Å². The first-order valence-corrected chi connectivity index (χ1v) is 19.3. The lowest BCUT2D eigenvalue weighted by Gasteiger charge is -2.39. The summed E-state index contributed by atoms with van der Waals surface area (Å²) in [4.78, 5) is 10.9. The standard InChI is InChI=1S/C51H31N3O2/c1-2-16-31-30(14-1)15-13-21-35(31)47-49-48(36-20-6-11-26-44(36)56-49)53-50(52-47)54-42-25-10-5-19-34(42)37-28-41-46(29-43(37)54)55-45-27-12-9-24-40(45)51(41)38-22-7-3-17-32(38)33-18-4-8-23-39(33)51/h1-5,7-10,12-29H,6,11H2. The number of rotatable bonds is 2. The molecular formula is C51H31N3O2. The Morgan fingerprint density at radius 2 is 1.20 bits per heavy atom. The highest BCUT2D eigenvalue weighted by atomic mass is 16.5. The number of hydrogen-bond acceptors (Lipinski definition) is 4. The van der Waals surface area contributed by atoms with Crippen molar-refractivity contribution in [2.24, 2.45) is 0 Å². The number of ether oxygens (including phenoxy) is 1. The van der Waals surface area contributed by atoms with Gasteiger partial charge < -0.3 is 9.15 Å². The van der Waals surface area contributed by atoms with E-state index in [-0.39, 0.29) is 0 Å². The molecule has 3 aromatic heterocycles. The summed E-state index contributed by atoms with van der Waals surface area (Å²) in [5.41, 5.74) is 13.0. The fourth-order valence-corrected chi connectivity index (χ4v) is 10.0. The van der Waals surface area contributed by atoms with Gasteiger partial charge in [0.05, 0.1) is 16.4 Å². The number of nitrogens with zero attached hydrogens (tertiary/aromatic N) is 3. The van der Waals surface area contributed by atoms with Crippen LogP contribution in [0.2, 0.25) is 0 Å². The van der Waals surface area contributed by atoms with Crippen LogP contribution in [0.15, 0.2) is 156 Å². The average molecular weight is 718 g/mol. The largest absolute Gasteiger partial charge is 0.457 e. The zero-order chi connectivity index (χ0) is 36.5. The number of aromatic nitrogens is 3. The Morgan fingerprint density at radius 1 is 0.518 bits per heavy atom. The molecule has 5 heteroatoms. The Morgan fingerprint density at radius 3 is 2.05 bits per heavy atom. The van der Waals surface area contributed by atoms with Crippen LogP contribution < -0.4 is 15.4 Å². The first-order chi connectivity index (χ1) is 27.8. The van der Waals surface area contributed by atoms with Crippen LogP contribution in [0.1, 0.15) is 35.1 Å². The number of furan rings is 1. The van der Waals surface area contributed by atoms with Crippen molar-refractivity contribution in [3.05, 3.63) is 185 Å². The van der Waals surface area contributed by atoms with Crippen LogP contribution in [0.25, 0.3) is 84.2 Å². The summed E-state index contributed by atoms with van der Waals surface area (Å²) >= 11 is 0. The summed E-state index contributed by atoms with van der Waals surface area (Å²) in [6, 6.07) is 54.4. The first kappa shape index (κ1) is 30.1. The van der Waals surface area contributed by atoms with E-state index in [0.29, 0.717) is 11.5 Å². The average Bonchev–Trinajstić information content (AvgIpc) is 3.89. The molecule has 0 atom stereocenters. The van der Waals surface area contributed by atoms with Gasteiger partial charge in [-0.25, -0.2) is 9.97 Å². The van der Waals surface area contributed by atoms with Crippen LogP contribution in [0, 0.1) is 0 Å². The quantitative estimate of drug-likeness (QED) is 0.179. The Labute approximate surface area is 321 Å². The molecule has 56 heavy (non-hydrogen) atoms. The second-order valence-electron chi connectivity index (χ2n) is 15.1. The molecule has 3 aliphatic rings. The maximum Gasteiger partial charge on any atom is 0.236 e. The lowest BCUT2D eigenvalue weighted by atomic mass is 9.66. The molecule has 10 aromatic rings. The molecular weight excluding hydrogens is 687 g/mol. The van der Waals surface area contributed by atoms with Crippen molar-refractivity contribution in [2.75, 3.05) is 0 Å². The number of hydrogen-bond donors (Lipinski definition) is 0. The summed E-state index contributed by atoms with van der Waals surface area (Å²) in [6.45, 7) is 0. The van der Waals surface area contributed by atoms with Crippen molar-refractivity contribution in [1.82, 2.24) is 14.5 Å². The van der Waals surface area contributed by atoms with Gasteiger partial charge >= 0.3 is 0 Å². The van der Waals surface area contributed by atoms with Gasteiger partial charge in [-0.15, -0.1) is 0 Å². The lowest BCUT2D eigenvalue weighted by molar-refractivity contribution is 0.437. The molecule has 2 aliphatic carbocycles. The molecule has 0 amide bonds. The molecule has 5 nitrogen and oxygen atoms in total. The molecule has 0 radical (unpaired) electrons. The van der Waals surface area contributed by atoms with E-state index < -0.39 is 5.41 Å². The molecule has 262 valence electrons. The Balaban J connectivity index is 1.16. The summed E-state index contributed by atoms with van der Waals surface area (Å²) < 4.78 is 15.9. The molecule has 4 heterocycles. The van der Waals surface area contributed by atoms with Crippen LogP contribution in [-0.2, 0) is 5.41 Å². The minimum Gasteiger partial charge on any atom is -0.457 e. The summed E-state index contributed by atoms with van der Waals surface area (Å²) in [5.74, 6) is 2.28. The van der Waals surface area contributed by atoms with E-state index in [0.717, 1.165) is 95.5 Å². The second kappa shape index (κ2) is 10.9. The van der Waals surface area contributed by atoms with Crippen LogP contribution in [0.3, 0.4) is 0 Å². The minimum absolute atomic E-state index is 0.562. The highest BCUT2D eigenvalue weighted by molar-refractivity contribution is 6.11. The van der Waals surface area contributed by atoms with Gasteiger partial charge in [0.2, 0.25) is 5.95 Å². The SMILES string of the molecule is C1=c2oc3c(-c4cccc5ccccc45)nc(-n4c5ccccc5c5cc6c(cc54)Oc4ccccc4C64c5ccccc5-c5ccccc54)nc3c2=CCC1. The number of fused-ring (bicyclic) bond motifs is 16. The third-order valence-corrected chi connectivity index (χ3v) is 12.3. The zero-order valence-electron chi connectivity index (χ0n) is 30.2. The van der Waals surface area contributed by atoms with Crippen molar-refractivity contribution in [1.29, 1.82) is 0 Å². The zero-order valence-corrected chi connectivity index (χ0v) is 30.2. The van der Waals surface area contributed by atoms with Crippen molar-refractivity contribution in [3.8, 4) is 39.8 Å². The van der Waals surface area contributed by atoms with E-state index in [4.69, 9.17) is 19.1 Å². The molecule has 0 N–H and O–H groups in total. The van der Waals surface area contributed by atoms with E-state index >= 15 is 0 Å². The Kier molecular flexibility index (Phi) is 5.88. The van der Waals surface area contributed by atoms with E-state index in [9.17, 15) is 0 Å². The van der Waals surface area contributed by atoms with Crippen LogP contribution in [0.4, 0.5) is 0 Å². The van der Waals surface area contributed by atoms with E-state index in [1.165, 1.54) is 22.3 Å². The molecule has 13 rings (SSSR count). The van der Waals surface area contributed by atoms with E-state index in [1.807, 2.05) is 0 Å². The van der Waals surface area contributed by atoms with Gasteiger partial charge in [-0.2, -0.15) is 0 Å². The lowest BCUT2D eigenvalue weighted by Crippen LogP contribution is -2.32. The van der Waals surface area contributed by atoms with Gasteiger partial charge in [-0.05, 0) is 70.1 Å². The second-order valence-corrected chi connectivity index (χ2v) is 15.1. The van der Waals surface area contributed by atoms with E-state index in [2.05, 4.69) is 168 Å².